The van der Waals surface area contributed by atoms with E-state index in [0.717, 1.165) is 12.1 Å². The van der Waals surface area contributed by atoms with Crippen molar-refractivity contribution in [2.75, 3.05) is 43.1 Å². The van der Waals surface area contributed by atoms with E-state index in [9.17, 15) is 45.1 Å². The molecule has 1 aliphatic rings. The molecule has 3 N–H and O–H groups in total. The Balaban J connectivity index is 2.26. The predicted molar refractivity (Wildman–Crippen MR) is 94.9 cm³/mol. The molecule has 0 unspecified atom stereocenters. The quantitative estimate of drug-likeness (QED) is 0.460. The molecule has 0 aromatic heterocycles. The Morgan fingerprint density at radius 2 is 1.75 bits per heavy atom. The van der Waals surface area contributed by atoms with Gasteiger partial charge in [0.15, 0.2) is 6.04 Å². The number of nitrogens with zero attached hydrogens (tertiary/aromatic N) is 2. The van der Waals surface area contributed by atoms with Gasteiger partial charge in [0, 0.05) is 12.2 Å². The lowest BCUT2D eigenvalue weighted by molar-refractivity contribution is -0.187. The highest BCUT2D eigenvalue weighted by atomic mass is 19.4. The average Bonchev–Trinajstić information content (AvgIpc) is 2.61. The molecule has 15 heteroatoms. The zero-order chi connectivity index (χ0) is 24.3. The van der Waals surface area contributed by atoms with E-state index in [1.54, 1.807) is 5.32 Å². The van der Waals surface area contributed by atoms with Crippen LogP contribution in [0.4, 0.5) is 42.1 Å². The smallest absolute Gasteiger partial charge is 0.370 e. The first-order valence-corrected chi connectivity index (χ1v) is 8.83. The monoisotopic (exact) mass is 474 g/mol. The van der Waals surface area contributed by atoms with E-state index in [2.05, 4.69) is 0 Å². The minimum Gasteiger partial charge on any atom is -0.370 e. The minimum atomic E-state index is -5.20. The van der Waals surface area contributed by atoms with E-state index in [-0.39, 0.29) is 25.4 Å². The van der Waals surface area contributed by atoms with Gasteiger partial charge in [-0.2, -0.15) is 26.3 Å². The van der Waals surface area contributed by atoms with E-state index in [1.165, 1.54) is 11.0 Å². The van der Waals surface area contributed by atoms with Crippen LogP contribution in [0.2, 0.25) is 0 Å². The Kier molecular flexibility index (Phi) is 7.66. The number of amides is 3. The number of carbonyl (C=O) groups is 3. The third-order valence-corrected chi connectivity index (χ3v) is 4.16. The number of halogens is 7. The number of hydrogen-bond acceptors (Lipinski definition) is 5. The largest absolute Gasteiger partial charge is 0.401 e. The molecule has 1 saturated heterocycles. The first kappa shape index (κ1) is 25.3. The maximum Gasteiger partial charge on any atom is 0.401 e. The summed E-state index contributed by atoms with van der Waals surface area (Å²) >= 11 is 0. The SMILES string of the molecule is NC(=O)[C@@H](C(=O)Nc1ccc(N2CCOCC2=O)cc1F)N(CC(F)(F)F)CC(F)(F)F. The fourth-order valence-corrected chi connectivity index (χ4v) is 2.94. The molecule has 2 rings (SSSR count). The standard InChI is InChI=1S/C17H17F7N4O4/c18-10-5-9(28-3-4-32-6-12(28)29)1-2-11(10)26-15(31)13(14(25)30)27(7-16(19,20)21)8-17(22,23)24/h1-2,5,13H,3-4,6-8H2,(H2,25,30)(H,26,31)/t13-/m0/s1. The van der Waals surface area contributed by atoms with Crippen LogP contribution < -0.4 is 16.0 Å². The number of nitrogens with one attached hydrogen (secondary N) is 1. The topological polar surface area (TPSA) is 105 Å². The minimum absolute atomic E-state index is 0.0796. The molecule has 1 heterocycles. The van der Waals surface area contributed by atoms with Gasteiger partial charge < -0.3 is 20.7 Å². The van der Waals surface area contributed by atoms with Crippen molar-refractivity contribution in [3.8, 4) is 0 Å². The maximum atomic E-state index is 14.4. The van der Waals surface area contributed by atoms with E-state index in [1.807, 2.05) is 0 Å². The van der Waals surface area contributed by atoms with Crippen LogP contribution in [0, 0.1) is 5.82 Å². The van der Waals surface area contributed by atoms with Crippen LogP contribution >= 0.6 is 0 Å². The fraction of sp³-hybridized carbons (Fsp3) is 0.471. The number of anilines is 2. The van der Waals surface area contributed by atoms with Crippen molar-refractivity contribution in [1.82, 2.24) is 4.90 Å². The van der Waals surface area contributed by atoms with Crippen LogP contribution in [0.25, 0.3) is 0 Å². The van der Waals surface area contributed by atoms with Crippen molar-refractivity contribution < 1.29 is 49.9 Å². The van der Waals surface area contributed by atoms with Crippen molar-refractivity contribution in [2.45, 2.75) is 18.4 Å². The maximum absolute atomic E-state index is 14.4. The number of nitrogens with two attached hydrogens (primary N) is 1. The number of benzene rings is 1. The molecule has 0 saturated carbocycles. The third-order valence-electron chi connectivity index (χ3n) is 4.16. The van der Waals surface area contributed by atoms with Gasteiger partial charge in [-0.15, -0.1) is 0 Å². The molecule has 0 bridgehead atoms. The Morgan fingerprint density at radius 3 is 2.22 bits per heavy atom. The summed E-state index contributed by atoms with van der Waals surface area (Å²) in [5, 5.41) is 1.77. The Labute approximate surface area is 176 Å². The van der Waals surface area contributed by atoms with Crippen LogP contribution in [0.1, 0.15) is 0 Å². The van der Waals surface area contributed by atoms with E-state index in [0.29, 0.717) is 0 Å². The summed E-state index contributed by atoms with van der Waals surface area (Å²) in [6.07, 6.45) is -10.4. The number of alkyl halides is 6. The first-order valence-electron chi connectivity index (χ1n) is 8.83. The van der Waals surface area contributed by atoms with Crippen molar-refractivity contribution in [3.63, 3.8) is 0 Å². The lowest BCUT2D eigenvalue weighted by Crippen LogP contribution is -2.56. The summed E-state index contributed by atoms with van der Waals surface area (Å²) in [6.45, 7) is -4.49. The second-order valence-electron chi connectivity index (χ2n) is 6.69. The Bertz CT molecular complexity index is 859. The highest BCUT2D eigenvalue weighted by molar-refractivity contribution is 6.09. The summed E-state index contributed by atoms with van der Waals surface area (Å²) in [7, 11) is 0. The molecule has 1 fully saturated rings. The molecule has 8 nitrogen and oxygen atoms in total. The molecule has 0 spiro atoms. The molecule has 1 aliphatic heterocycles. The zero-order valence-corrected chi connectivity index (χ0v) is 16.1. The molecule has 0 aliphatic carbocycles. The van der Waals surface area contributed by atoms with Crippen LogP contribution in [0.3, 0.4) is 0 Å². The zero-order valence-electron chi connectivity index (χ0n) is 16.1. The van der Waals surface area contributed by atoms with Crippen molar-refractivity contribution in [2.24, 2.45) is 5.73 Å². The molecular weight excluding hydrogens is 457 g/mol. The molecular formula is C17H17F7N4O4. The molecule has 3 amide bonds. The summed E-state index contributed by atoms with van der Waals surface area (Å²) in [6, 6.07) is 0.241. The van der Waals surface area contributed by atoms with E-state index in [4.69, 9.17) is 10.5 Å². The molecule has 1 atom stereocenters. The second kappa shape index (κ2) is 9.68. The van der Waals surface area contributed by atoms with Crippen LogP contribution in [0.15, 0.2) is 18.2 Å². The summed E-state index contributed by atoms with van der Waals surface area (Å²) in [5.74, 6) is -5.13. The van der Waals surface area contributed by atoms with Crippen molar-refractivity contribution >= 4 is 29.1 Å². The molecule has 1 aromatic carbocycles. The lowest BCUT2D eigenvalue weighted by atomic mass is 10.1. The normalized spacial score (nSPS) is 16.2. The number of rotatable bonds is 7. The van der Waals surface area contributed by atoms with E-state index >= 15 is 0 Å². The highest BCUT2D eigenvalue weighted by Gasteiger charge is 2.44. The van der Waals surface area contributed by atoms with Gasteiger partial charge in [0.1, 0.15) is 12.4 Å². The number of primary amides is 1. The lowest BCUT2D eigenvalue weighted by Gasteiger charge is -2.30. The second-order valence-corrected chi connectivity index (χ2v) is 6.69. The number of hydrogen-bond donors (Lipinski definition) is 2. The molecule has 1 aromatic rings. The first-order chi connectivity index (χ1) is 14.7. The van der Waals surface area contributed by atoms with Crippen LogP contribution in [-0.4, -0.2) is 73.9 Å². The van der Waals surface area contributed by atoms with Gasteiger partial charge in [-0.3, -0.25) is 19.3 Å². The number of morpholine rings is 1. The highest BCUT2D eigenvalue weighted by Crippen LogP contribution is 2.26. The van der Waals surface area contributed by atoms with Gasteiger partial charge in [0.05, 0.1) is 25.4 Å². The average molecular weight is 474 g/mol. The number of ether oxygens (including phenoxy) is 1. The van der Waals surface area contributed by atoms with Gasteiger partial charge >= 0.3 is 12.4 Å². The van der Waals surface area contributed by atoms with Gasteiger partial charge in [0.25, 0.3) is 11.8 Å². The predicted octanol–water partition coefficient (Wildman–Crippen LogP) is 1.41. The Hall–Kier alpha value is -2.94. The van der Waals surface area contributed by atoms with Gasteiger partial charge in [-0.05, 0) is 18.2 Å². The summed E-state index contributed by atoms with van der Waals surface area (Å²) < 4.78 is 95.7. The van der Waals surface area contributed by atoms with Crippen LogP contribution in [-0.2, 0) is 19.1 Å². The molecule has 32 heavy (non-hydrogen) atoms. The van der Waals surface area contributed by atoms with Crippen molar-refractivity contribution in [1.29, 1.82) is 0 Å². The van der Waals surface area contributed by atoms with Gasteiger partial charge in [0.2, 0.25) is 5.91 Å². The fourth-order valence-electron chi connectivity index (χ4n) is 2.94. The summed E-state index contributed by atoms with van der Waals surface area (Å²) in [4.78, 5) is 36.4. The third kappa shape index (κ3) is 7.05. The Morgan fingerprint density at radius 1 is 1.16 bits per heavy atom. The summed E-state index contributed by atoms with van der Waals surface area (Å²) in [5.41, 5.74) is 4.31. The van der Waals surface area contributed by atoms with Gasteiger partial charge in [-0.25, -0.2) is 4.39 Å². The molecule has 0 radical (unpaired) electrons. The molecule has 178 valence electrons. The van der Waals surface area contributed by atoms with Crippen LogP contribution in [0.5, 0.6) is 0 Å². The van der Waals surface area contributed by atoms with Gasteiger partial charge in [-0.1, -0.05) is 0 Å². The van der Waals surface area contributed by atoms with Crippen molar-refractivity contribution in [3.05, 3.63) is 24.0 Å². The number of carbonyl (C=O) groups excluding carboxylic acids is 3. The van der Waals surface area contributed by atoms with E-state index < -0.39 is 65.6 Å².